The van der Waals surface area contributed by atoms with E-state index >= 15 is 0 Å². The number of allylic oxidation sites excluding steroid dienone is 4. The molecule has 196 valence electrons. The van der Waals surface area contributed by atoms with Crippen LogP contribution in [0.5, 0.6) is 0 Å². The number of carbonyl (C=O) groups excluding carboxylic acids is 1. The Kier molecular flexibility index (Phi) is 7.97. The van der Waals surface area contributed by atoms with Gasteiger partial charge in [0.1, 0.15) is 0 Å². The topological polar surface area (TPSA) is 83.4 Å². The number of hydrogen-bond donors (Lipinski definition) is 1. The Hall–Kier alpha value is -3.80. The largest absolute Gasteiger partial charge is 0.481 e. The molecule has 0 bridgehead atoms. The second kappa shape index (κ2) is 11.7. The lowest BCUT2D eigenvalue weighted by atomic mass is 9.89. The van der Waals surface area contributed by atoms with Crippen molar-refractivity contribution in [3.05, 3.63) is 89.3 Å². The third-order valence-electron chi connectivity index (χ3n) is 7.67. The zero-order valence-electron chi connectivity index (χ0n) is 22.0. The van der Waals surface area contributed by atoms with Crippen molar-refractivity contribution in [2.75, 3.05) is 13.1 Å². The van der Waals surface area contributed by atoms with E-state index in [1.807, 2.05) is 29.2 Å². The Labute approximate surface area is 224 Å². The smallest absolute Gasteiger partial charge is 0.303 e. The van der Waals surface area contributed by atoms with E-state index < -0.39 is 5.97 Å². The third-order valence-corrected chi connectivity index (χ3v) is 7.67. The summed E-state index contributed by atoms with van der Waals surface area (Å²) in [5, 5.41) is 9.02. The molecule has 2 aliphatic rings. The first-order chi connectivity index (χ1) is 18.5. The fourth-order valence-corrected chi connectivity index (χ4v) is 5.57. The van der Waals surface area contributed by atoms with Crippen LogP contribution in [-0.2, 0) is 11.2 Å². The first-order valence-corrected chi connectivity index (χ1v) is 13.7. The van der Waals surface area contributed by atoms with Crippen molar-refractivity contribution in [2.24, 2.45) is 5.92 Å². The van der Waals surface area contributed by atoms with Gasteiger partial charge in [-0.05, 0) is 79.7 Å². The number of hydrogen-bond acceptors (Lipinski definition) is 4. The van der Waals surface area contributed by atoms with E-state index in [0.717, 1.165) is 61.3 Å². The van der Waals surface area contributed by atoms with Crippen LogP contribution in [0.4, 0.5) is 0 Å². The normalized spacial score (nSPS) is 18.0. The molecule has 3 aromatic rings. The molecule has 6 nitrogen and oxygen atoms in total. The van der Waals surface area contributed by atoms with Gasteiger partial charge in [-0.25, -0.2) is 9.97 Å². The molecule has 0 radical (unpaired) electrons. The van der Waals surface area contributed by atoms with E-state index in [1.165, 1.54) is 5.56 Å². The van der Waals surface area contributed by atoms with Gasteiger partial charge in [0.25, 0.3) is 5.91 Å². The number of benzene rings is 2. The zero-order valence-corrected chi connectivity index (χ0v) is 22.0. The van der Waals surface area contributed by atoms with Crippen LogP contribution in [0.25, 0.3) is 16.6 Å². The first kappa shape index (κ1) is 25.8. The highest BCUT2D eigenvalue weighted by Gasteiger charge is 2.25. The number of aryl methyl sites for hydroxylation is 1. The van der Waals surface area contributed by atoms with Gasteiger partial charge in [0.2, 0.25) is 0 Å². The molecular weight excluding hydrogens is 474 g/mol. The number of fused-ring (bicyclic) bond motifs is 1. The Morgan fingerprint density at radius 1 is 1.00 bits per heavy atom. The molecule has 1 aromatic heterocycles. The molecule has 2 aromatic carbocycles. The number of carboxylic acid groups (broad SMARTS) is 1. The average Bonchev–Trinajstić information content (AvgIpc) is 2.94. The maximum atomic E-state index is 13.4. The van der Waals surface area contributed by atoms with Crippen LogP contribution in [0.1, 0.15) is 78.7 Å². The van der Waals surface area contributed by atoms with Gasteiger partial charge in [0.15, 0.2) is 0 Å². The molecule has 6 heteroatoms. The summed E-state index contributed by atoms with van der Waals surface area (Å²) in [5.74, 6) is 0.191. The predicted octanol–water partition coefficient (Wildman–Crippen LogP) is 6.43. The lowest BCUT2D eigenvalue weighted by Gasteiger charge is -2.32. The molecule has 2 heterocycles. The highest BCUT2D eigenvalue weighted by Crippen LogP contribution is 2.31. The van der Waals surface area contributed by atoms with Crippen LogP contribution < -0.4 is 0 Å². The third kappa shape index (κ3) is 6.01. The summed E-state index contributed by atoms with van der Waals surface area (Å²) >= 11 is 0. The van der Waals surface area contributed by atoms with E-state index in [-0.39, 0.29) is 12.3 Å². The van der Waals surface area contributed by atoms with Crippen LogP contribution in [0, 0.1) is 5.92 Å². The number of aliphatic carboxylic acids is 1. The van der Waals surface area contributed by atoms with Crippen molar-refractivity contribution in [3.63, 3.8) is 0 Å². The van der Waals surface area contributed by atoms with Crippen LogP contribution >= 0.6 is 0 Å². The van der Waals surface area contributed by atoms with Crippen molar-refractivity contribution in [3.8, 4) is 0 Å². The molecule has 1 atom stereocenters. The van der Waals surface area contributed by atoms with Crippen LogP contribution in [0.15, 0.2) is 66.8 Å². The number of piperidine rings is 1. The van der Waals surface area contributed by atoms with Gasteiger partial charge in [0, 0.05) is 25.1 Å². The Morgan fingerprint density at radius 2 is 1.79 bits per heavy atom. The van der Waals surface area contributed by atoms with E-state index in [1.54, 1.807) is 0 Å². The van der Waals surface area contributed by atoms with Crippen LogP contribution in [0.3, 0.4) is 0 Å². The summed E-state index contributed by atoms with van der Waals surface area (Å²) in [6.07, 6.45) is 11.3. The molecule has 1 fully saturated rings. The number of carbonyl (C=O) groups is 2. The minimum Gasteiger partial charge on any atom is -0.481 e. The lowest BCUT2D eigenvalue weighted by Crippen LogP contribution is -2.37. The zero-order chi connectivity index (χ0) is 26.5. The summed E-state index contributed by atoms with van der Waals surface area (Å²) in [6.45, 7) is 3.68. The number of nitrogens with zero attached hydrogens (tertiary/aromatic N) is 3. The molecule has 0 saturated carbocycles. The molecule has 1 N–H and O–H groups in total. The minimum atomic E-state index is -0.778. The Balaban J connectivity index is 1.36. The Morgan fingerprint density at radius 3 is 2.53 bits per heavy atom. The van der Waals surface area contributed by atoms with Crippen molar-refractivity contribution >= 4 is 28.5 Å². The number of rotatable bonds is 8. The molecule has 0 unspecified atom stereocenters. The summed E-state index contributed by atoms with van der Waals surface area (Å²) in [4.78, 5) is 36.3. The molecule has 1 aliphatic heterocycles. The van der Waals surface area contributed by atoms with E-state index in [9.17, 15) is 9.59 Å². The fourth-order valence-electron chi connectivity index (χ4n) is 5.57. The van der Waals surface area contributed by atoms with Crippen LogP contribution in [0.2, 0.25) is 0 Å². The van der Waals surface area contributed by atoms with Gasteiger partial charge < -0.3 is 10.0 Å². The number of likely N-dealkylation sites (tertiary alicyclic amines) is 1. The maximum Gasteiger partial charge on any atom is 0.303 e. The SMILES string of the molecule is C[C@@H]1C=CC=C(c2nc3ccc(C(=O)N4CCC(c5ccccc5)CC4)cc3nc2CCCCC(=O)O)C1. The van der Waals surface area contributed by atoms with E-state index in [4.69, 9.17) is 15.1 Å². The summed E-state index contributed by atoms with van der Waals surface area (Å²) in [5.41, 5.74) is 6.41. The number of aromatic nitrogens is 2. The quantitative estimate of drug-likeness (QED) is 0.354. The van der Waals surface area contributed by atoms with Gasteiger partial charge in [-0.15, -0.1) is 0 Å². The van der Waals surface area contributed by atoms with Gasteiger partial charge >= 0.3 is 5.97 Å². The van der Waals surface area contributed by atoms with Crippen molar-refractivity contribution < 1.29 is 14.7 Å². The van der Waals surface area contributed by atoms with Crippen molar-refractivity contribution in [1.82, 2.24) is 14.9 Å². The molecule has 1 amide bonds. The van der Waals surface area contributed by atoms with Gasteiger partial charge in [-0.1, -0.05) is 55.5 Å². The number of carboxylic acids is 1. The molecular formula is C32H35N3O3. The molecule has 1 aliphatic carbocycles. The maximum absolute atomic E-state index is 13.4. The highest BCUT2D eigenvalue weighted by molar-refractivity contribution is 5.97. The molecule has 0 spiro atoms. The molecule has 38 heavy (non-hydrogen) atoms. The second-order valence-corrected chi connectivity index (χ2v) is 10.6. The van der Waals surface area contributed by atoms with Crippen molar-refractivity contribution in [1.29, 1.82) is 0 Å². The standard InChI is InChI=1S/C32H35N3O3/c1-22-8-7-11-25(20-22)31-28(12-5-6-13-30(36)37)33-29-21-26(14-15-27(29)34-31)32(38)35-18-16-24(17-19-35)23-9-3-2-4-10-23/h2-4,7-11,14-15,21-22,24H,5-6,12-13,16-20H2,1H3,(H,36,37)/t22-/m1/s1. The van der Waals surface area contributed by atoms with Gasteiger partial charge in [-0.3, -0.25) is 9.59 Å². The average molecular weight is 510 g/mol. The second-order valence-electron chi connectivity index (χ2n) is 10.6. The lowest BCUT2D eigenvalue weighted by molar-refractivity contribution is -0.137. The Bertz CT molecular complexity index is 1370. The van der Waals surface area contributed by atoms with E-state index in [2.05, 4.69) is 49.4 Å². The highest BCUT2D eigenvalue weighted by atomic mass is 16.4. The van der Waals surface area contributed by atoms with Gasteiger partial charge in [-0.2, -0.15) is 0 Å². The summed E-state index contributed by atoms with van der Waals surface area (Å²) in [7, 11) is 0. The monoisotopic (exact) mass is 509 g/mol. The summed E-state index contributed by atoms with van der Waals surface area (Å²) < 4.78 is 0. The predicted molar refractivity (Wildman–Crippen MR) is 150 cm³/mol. The molecule has 5 rings (SSSR count). The van der Waals surface area contributed by atoms with Gasteiger partial charge in [0.05, 0.1) is 22.4 Å². The number of amides is 1. The van der Waals surface area contributed by atoms with E-state index in [0.29, 0.717) is 35.8 Å². The van der Waals surface area contributed by atoms with Crippen molar-refractivity contribution in [2.45, 2.75) is 57.8 Å². The molecule has 1 saturated heterocycles. The van der Waals surface area contributed by atoms with Crippen LogP contribution in [-0.4, -0.2) is 44.9 Å². The first-order valence-electron chi connectivity index (χ1n) is 13.7. The number of unbranched alkanes of at least 4 members (excludes halogenated alkanes) is 1. The minimum absolute atomic E-state index is 0.0428. The summed E-state index contributed by atoms with van der Waals surface area (Å²) in [6, 6.07) is 16.2. The fraction of sp³-hybridized carbons (Fsp3) is 0.375.